The lowest BCUT2D eigenvalue weighted by atomic mass is 10.0. The Balaban J connectivity index is 2.63. The molecule has 0 saturated heterocycles. The SMILES string of the molecule is Oc1c(S)cccc1-c1cc(S)cc(S)c1. The van der Waals surface area contributed by atoms with Crippen molar-refractivity contribution in [1.82, 2.24) is 0 Å². The molecule has 0 saturated carbocycles. The maximum Gasteiger partial charge on any atom is 0.136 e. The fourth-order valence-electron chi connectivity index (χ4n) is 1.51. The number of thiol groups is 3. The highest BCUT2D eigenvalue weighted by Gasteiger charge is 2.07. The third-order valence-electron chi connectivity index (χ3n) is 2.23. The van der Waals surface area contributed by atoms with Gasteiger partial charge < -0.3 is 5.11 Å². The van der Waals surface area contributed by atoms with Crippen molar-refractivity contribution < 1.29 is 5.11 Å². The molecule has 0 spiro atoms. The molecule has 4 heteroatoms. The Labute approximate surface area is 111 Å². The molecule has 1 N–H and O–H groups in total. The molecule has 0 fully saturated rings. The summed E-state index contributed by atoms with van der Waals surface area (Å²) in [6.07, 6.45) is 0. The first kappa shape index (κ1) is 11.8. The van der Waals surface area contributed by atoms with E-state index in [-0.39, 0.29) is 5.75 Å². The molecule has 2 rings (SSSR count). The second-order valence-electron chi connectivity index (χ2n) is 3.41. The zero-order valence-corrected chi connectivity index (χ0v) is 10.9. The molecule has 0 unspecified atom stereocenters. The lowest BCUT2D eigenvalue weighted by Gasteiger charge is -2.08. The molecule has 82 valence electrons. The van der Waals surface area contributed by atoms with E-state index in [1.54, 1.807) is 6.07 Å². The van der Waals surface area contributed by atoms with Crippen LogP contribution in [0.3, 0.4) is 0 Å². The fraction of sp³-hybridized carbons (Fsp3) is 0. The van der Waals surface area contributed by atoms with Crippen LogP contribution >= 0.6 is 37.9 Å². The van der Waals surface area contributed by atoms with E-state index in [9.17, 15) is 5.11 Å². The Morgan fingerprint density at radius 3 is 2.12 bits per heavy atom. The number of rotatable bonds is 1. The molecule has 0 aromatic heterocycles. The molecular weight excluding hydrogens is 256 g/mol. The van der Waals surface area contributed by atoms with E-state index in [4.69, 9.17) is 0 Å². The van der Waals surface area contributed by atoms with Gasteiger partial charge in [-0.3, -0.25) is 0 Å². The summed E-state index contributed by atoms with van der Waals surface area (Å²) in [5.74, 6) is 0.178. The van der Waals surface area contributed by atoms with Gasteiger partial charge in [-0.15, -0.1) is 37.9 Å². The summed E-state index contributed by atoms with van der Waals surface area (Å²) in [6.45, 7) is 0. The van der Waals surface area contributed by atoms with E-state index in [0.29, 0.717) is 4.90 Å². The van der Waals surface area contributed by atoms with Gasteiger partial charge in [0.05, 0.1) is 0 Å². The average Bonchev–Trinajstić information content (AvgIpc) is 2.20. The highest BCUT2D eigenvalue weighted by molar-refractivity contribution is 7.81. The minimum atomic E-state index is 0.178. The van der Waals surface area contributed by atoms with Crippen LogP contribution in [0.5, 0.6) is 5.75 Å². The monoisotopic (exact) mass is 266 g/mol. The van der Waals surface area contributed by atoms with Crippen LogP contribution in [0.25, 0.3) is 11.1 Å². The van der Waals surface area contributed by atoms with Gasteiger partial charge in [-0.05, 0) is 29.8 Å². The molecule has 0 aliphatic rings. The summed E-state index contributed by atoms with van der Waals surface area (Å²) in [6, 6.07) is 11.0. The highest BCUT2D eigenvalue weighted by Crippen LogP contribution is 2.35. The van der Waals surface area contributed by atoms with Crippen molar-refractivity contribution in [3.63, 3.8) is 0 Å². The number of phenolic OH excluding ortho intramolecular Hbond substituents is 1. The lowest BCUT2D eigenvalue weighted by molar-refractivity contribution is 0.465. The Morgan fingerprint density at radius 1 is 0.875 bits per heavy atom. The Hall–Kier alpha value is -0.710. The van der Waals surface area contributed by atoms with E-state index in [2.05, 4.69) is 37.9 Å². The van der Waals surface area contributed by atoms with E-state index in [1.165, 1.54) is 0 Å². The van der Waals surface area contributed by atoms with Crippen molar-refractivity contribution in [3.05, 3.63) is 36.4 Å². The maximum atomic E-state index is 9.91. The van der Waals surface area contributed by atoms with Crippen molar-refractivity contribution >= 4 is 37.9 Å². The summed E-state index contributed by atoms with van der Waals surface area (Å²) in [5.41, 5.74) is 1.62. The van der Waals surface area contributed by atoms with Gasteiger partial charge in [0.25, 0.3) is 0 Å². The van der Waals surface area contributed by atoms with Crippen molar-refractivity contribution in [2.75, 3.05) is 0 Å². The molecule has 0 bridgehead atoms. The van der Waals surface area contributed by atoms with Crippen molar-refractivity contribution in [3.8, 4) is 16.9 Å². The molecule has 0 aliphatic carbocycles. The predicted octanol–water partition coefficient (Wildman–Crippen LogP) is 3.93. The summed E-state index contributed by atoms with van der Waals surface area (Å²) in [7, 11) is 0. The number of phenols is 1. The second-order valence-corrected chi connectivity index (χ2v) is 4.93. The van der Waals surface area contributed by atoms with Gasteiger partial charge in [0, 0.05) is 20.2 Å². The van der Waals surface area contributed by atoms with E-state index >= 15 is 0 Å². The third kappa shape index (κ3) is 2.34. The summed E-state index contributed by atoms with van der Waals surface area (Å²) < 4.78 is 0. The number of para-hydroxylation sites is 1. The van der Waals surface area contributed by atoms with Crippen LogP contribution in [0.4, 0.5) is 0 Å². The van der Waals surface area contributed by atoms with E-state index in [1.807, 2.05) is 30.3 Å². The minimum Gasteiger partial charge on any atom is -0.506 e. The van der Waals surface area contributed by atoms with Crippen LogP contribution in [0.2, 0.25) is 0 Å². The van der Waals surface area contributed by atoms with Crippen molar-refractivity contribution in [2.45, 2.75) is 14.7 Å². The quantitative estimate of drug-likeness (QED) is 0.577. The number of aromatic hydroxyl groups is 1. The van der Waals surface area contributed by atoms with Gasteiger partial charge in [0.2, 0.25) is 0 Å². The van der Waals surface area contributed by atoms with Crippen LogP contribution in [0.15, 0.2) is 51.1 Å². The molecule has 16 heavy (non-hydrogen) atoms. The summed E-state index contributed by atoms with van der Waals surface area (Å²) >= 11 is 12.8. The zero-order chi connectivity index (χ0) is 11.7. The van der Waals surface area contributed by atoms with Crippen LogP contribution in [0, 0.1) is 0 Å². The first-order chi connectivity index (χ1) is 7.58. The molecule has 1 nitrogen and oxygen atoms in total. The minimum absolute atomic E-state index is 0.178. The molecule has 0 amide bonds. The van der Waals surface area contributed by atoms with Gasteiger partial charge in [-0.1, -0.05) is 12.1 Å². The zero-order valence-electron chi connectivity index (χ0n) is 8.25. The smallest absolute Gasteiger partial charge is 0.136 e. The van der Waals surface area contributed by atoms with Crippen molar-refractivity contribution in [1.29, 1.82) is 0 Å². The van der Waals surface area contributed by atoms with Crippen LogP contribution < -0.4 is 0 Å². The van der Waals surface area contributed by atoms with Gasteiger partial charge in [0.1, 0.15) is 5.75 Å². The Morgan fingerprint density at radius 2 is 1.50 bits per heavy atom. The molecule has 0 heterocycles. The Kier molecular flexibility index (Phi) is 3.42. The fourth-order valence-corrected chi connectivity index (χ4v) is 2.38. The van der Waals surface area contributed by atoms with Gasteiger partial charge >= 0.3 is 0 Å². The second kappa shape index (κ2) is 4.65. The van der Waals surface area contributed by atoms with Crippen molar-refractivity contribution in [2.24, 2.45) is 0 Å². The molecule has 0 radical (unpaired) electrons. The number of hydrogen-bond acceptors (Lipinski definition) is 4. The lowest BCUT2D eigenvalue weighted by Crippen LogP contribution is -1.81. The van der Waals surface area contributed by atoms with Gasteiger partial charge in [-0.25, -0.2) is 0 Å². The molecule has 0 aliphatic heterocycles. The van der Waals surface area contributed by atoms with E-state index in [0.717, 1.165) is 20.9 Å². The third-order valence-corrected chi connectivity index (χ3v) is 3.11. The molecule has 2 aromatic rings. The normalized spacial score (nSPS) is 10.4. The average molecular weight is 266 g/mol. The molecule has 0 atom stereocenters. The molecule has 2 aromatic carbocycles. The first-order valence-electron chi connectivity index (χ1n) is 4.62. The summed E-state index contributed by atoms with van der Waals surface area (Å²) in [5, 5.41) is 9.91. The topological polar surface area (TPSA) is 20.2 Å². The largest absolute Gasteiger partial charge is 0.506 e. The van der Waals surface area contributed by atoms with Crippen LogP contribution in [-0.4, -0.2) is 5.11 Å². The molecular formula is C12H10OS3. The maximum absolute atomic E-state index is 9.91. The van der Waals surface area contributed by atoms with Crippen LogP contribution in [0.1, 0.15) is 0 Å². The predicted molar refractivity (Wildman–Crippen MR) is 75.3 cm³/mol. The number of hydrogen-bond donors (Lipinski definition) is 4. The Bertz CT molecular complexity index is 518. The van der Waals surface area contributed by atoms with E-state index < -0.39 is 0 Å². The first-order valence-corrected chi connectivity index (χ1v) is 5.96. The number of benzene rings is 2. The highest BCUT2D eigenvalue weighted by atomic mass is 32.1. The standard InChI is InChI=1S/C12H10OS3/c13-12-10(2-1-3-11(12)16)7-4-8(14)6-9(15)5-7/h1-6,13-16H. The van der Waals surface area contributed by atoms with Crippen LogP contribution in [-0.2, 0) is 0 Å². The van der Waals surface area contributed by atoms with Gasteiger partial charge in [-0.2, -0.15) is 0 Å². The summed E-state index contributed by atoms with van der Waals surface area (Å²) in [4.78, 5) is 2.18. The van der Waals surface area contributed by atoms with Gasteiger partial charge in [0.15, 0.2) is 0 Å².